The van der Waals surface area contributed by atoms with Crippen LogP contribution in [0.3, 0.4) is 0 Å². The molecule has 0 saturated carbocycles. The van der Waals surface area contributed by atoms with Crippen molar-refractivity contribution in [2.24, 2.45) is 5.16 Å². The fraction of sp³-hybridized carbons (Fsp3) is 0.400. The smallest absolute Gasteiger partial charge is 0.332 e. The molecule has 0 amide bonds. The molecule has 4 aromatic rings. The van der Waals surface area contributed by atoms with Crippen molar-refractivity contribution in [2.75, 3.05) is 0 Å². The molecule has 0 bridgehead atoms. The zero-order valence-corrected chi connectivity index (χ0v) is 20.3. The van der Waals surface area contributed by atoms with Crippen molar-refractivity contribution < 1.29 is 9.23 Å². The number of aryl methyl sites for hydroxylation is 1. The summed E-state index contributed by atoms with van der Waals surface area (Å²) in [6.45, 7) is 5.18. The van der Waals surface area contributed by atoms with Crippen LogP contribution in [0.25, 0.3) is 22.6 Å². The van der Waals surface area contributed by atoms with E-state index in [1.54, 1.807) is 27.6 Å². The first-order valence-electron chi connectivity index (χ1n) is 12.2. The summed E-state index contributed by atoms with van der Waals surface area (Å²) in [6.07, 6.45) is 6.10. The first-order valence-corrected chi connectivity index (χ1v) is 12.2. The van der Waals surface area contributed by atoms with Crippen molar-refractivity contribution in [1.29, 1.82) is 0 Å². The number of benzene rings is 1. The molecule has 5 rings (SSSR count). The van der Waals surface area contributed by atoms with Crippen LogP contribution in [-0.4, -0.2) is 40.7 Å². The molecular formula is C25H28FN7O3. The highest BCUT2D eigenvalue weighted by molar-refractivity contribution is 5.85. The van der Waals surface area contributed by atoms with Gasteiger partial charge in [-0.05, 0) is 30.5 Å². The number of hydrogen-bond donors (Lipinski definition) is 1. The van der Waals surface area contributed by atoms with Gasteiger partial charge in [-0.1, -0.05) is 31.1 Å². The molecule has 0 spiro atoms. The zero-order chi connectivity index (χ0) is 25.2. The minimum atomic E-state index is -0.361. The zero-order valence-electron chi connectivity index (χ0n) is 20.3. The van der Waals surface area contributed by atoms with E-state index >= 15 is 0 Å². The summed E-state index contributed by atoms with van der Waals surface area (Å²) >= 11 is 0. The van der Waals surface area contributed by atoms with E-state index in [4.69, 9.17) is 4.84 Å². The minimum absolute atomic E-state index is 0.101. The fourth-order valence-electron chi connectivity index (χ4n) is 4.48. The predicted molar refractivity (Wildman–Crippen MR) is 133 cm³/mol. The van der Waals surface area contributed by atoms with Gasteiger partial charge in [0.2, 0.25) is 0 Å². The van der Waals surface area contributed by atoms with Crippen molar-refractivity contribution in [2.45, 2.75) is 65.3 Å². The molecule has 1 N–H and O–H groups in total. The number of oxime groups is 1. The third kappa shape index (κ3) is 4.60. The van der Waals surface area contributed by atoms with Crippen molar-refractivity contribution in [3.8, 4) is 11.4 Å². The summed E-state index contributed by atoms with van der Waals surface area (Å²) in [5.41, 5.74) is 2.52. The fourth-order valence-corrected chi connectivity index (χ4v) is 4.48. The maximum Gasteiger partial charge on any atom is 0.332 e. The Hall–Kier alpha value is -4.02. The second-order valence-electron chi connectivity index (χ2n) is 9.02. The van der Waals surface area contributed by atoms with Crippen molar-refractivity contribution >= 4 is 16.9 Å². The molecule has 1 aliphatic rings. The molecule has 0 aliphatic carbocycles. The van der Waals surface area contributed by atoms with Crippen LogP contribution in [0.15, 0.2) is 51.4 Å². The lowest BCUT2D eigenvalue weighted by Gasteiger charge is -2.09. The first-order chi connectivity index (χ1) is 17.5. The van der Waals surface area contributed by atoms with Crippen molar-refractivity contribution in [3.05, 3.63) is 68.9 Å². The number of fused-ring (bicyclic) bond motifs is 1. The Morgan fingerprint density at radius 1 is 1.11 bits per heavy atom. The Kier molecular flexibility index (Phi) is 6.53. The summed E-state index contributed by atoms with van der Waals surface area (Å²) < 4.78 is 17.7. The van der Waals surface area contributed by atoms with Crippen LogP contribution in [0.4, 0.5) is 4.39 Å². The van der Waals surface area contributed by atoms with Gasteiger partial charge in [-0.25, -0.2) is 14.2 Å². The topological polar surface area (TPSA) is 112 Å². The van der Waals surface area contributed by atoms with E-state index in [1.807, 2.05) is 20.0 Å². The van der Waals surface area contributed by atoms with Crippen LogP contribution in [0.5, 0.6) is 0 Å². The summed E-state index contributed by atoms with van der Waals surface area (Å²) in [5.74, 6) is 0.216. The van der Waals surface area contributed by atoms with Gasteiger partial charge in [-0.2, -0.15) is 5.10 Å². The SMILES string of the molecule is CCCn1c(=O)c2[nH]c(-c3cnn(CC4=NOC(Cc5ccc(F)cc5)C4)c3)nc2n(CCC)c1=O. The van der Waals surface area contributed by atoms with E-state index in [0.717, 1.165) is 17.7 Å². The highest BCUT2D eigenvalue weighted by Crippen LogP contribution is 2.20. The third-order valence-corrected chi connectivity index (χ3v) is 6.18. The normalized spacial score (nSPS) is 15.4. The molecule has 36 heavy (non-hydrogen) atoms. The molecule has 10 nitrogen and oxygen atoms in total. The molecule has 0 saturated heterocycles. The average Bonchev–Trinajstić information content (AvgIpc) is 3.61. The van der Waals surface area contributed by atoms with Crippen LogP contribution in [0, 0.1) is 5.82 Å². The average molecular weight is 494 g/mol. The summed E-state index contributed by atoms with van der Waals surface area (Å²) in [7, 11) is 0. The second-order valence-corrected chi connectivity index (χ2v) is 9.02. The lowest BCUT2D eigenvalue weighted by atomic mass is 10.0. The third-order valence-electron chi connectivity index (χ3n) is 6.18. The van der Waals surface area contributed by atoms with Gasteiger partial charge >= 0.3 is 5.69 Å². The highest BCUT2D eigenvalue weighted by Gasteiger charge is 2.23. The first kappa shape index (κ1) is 23.7. The van der Waals surface area contributed by atoms with Crippen LogP contribution < -0.4 is 11.2 Å². The molecular weight excluding hydrogens is 465 g/mol. The van der Waals surface area contributed by atoms with Crippen molar-refractivity contribution in [1.82, 2.24) is 28.9 Å². The second kappa shape index (κ2) is 9.92. The van der Waals surface area contributed by atoms with Crippen LogP contribution in [0.2, 0.25) is 0 Å². The van der Waals surface area contributed by atoms with Gasteiger partial charge in [-0.15, -0.1) is 0 Å². The van der Waals surface area contributed by atoms with Gasteiger partial charge in [0.1, 0.15) is 23.3 Å². The standard InChI is InChI=1S/C25H28FN7O3/c1-3-9-32-23-21(24(34)33(10-4-2)25(32)35)28-22(29-23)17-13-27-31(14-17)15-19-12-20(36-30-19)11-16-5-7-18(26)8-6-16/h5-8,13-14,20H,3-4,9-12,15H2,1-2H3,(H,28,29). The molecule has 11 heteroatoms. The largest absolute Gasteiger partial charge is 0.392 e. The number of H-pyrrole nitrogens is 1. The molecule has 3 aromatic heterocycles. The van der Waals surface area contributed by atoms with Crippen LogP contribution in [-0.2, 0) is 30.9 Å². The maximum absolute atomic E-state index is 13.1. The number of imidazole rings is 1. The Bertz CT molecular complexity index is 1530. The molecule has 1 atom stereocenters. The number of hydrogen-bond acceptors (Lipinski definition) is 6. The molecule has 188 valence electrons. The Labute approximate surface area is 206 Å². The number of aromatic amines is 1. The number of nitrogens with one attached hydrogen (secondary N) is 1. The van der Waals surface area contributed by atoms with E-state index in [1.165, 1.54) is 16.7 Å². The van der Waals surface area contributed by atoms with E-state index in [2.05, 4.69) is 20.2 Å². The van der Waals surface area contributed by atoms with Crippen molar-refractivity contribution in [3.63, 3.8) is 0 Å². The molecule has 4 heterocycles. The predicted octanol–water partition coefficient (Wildman–Crippen LogP) is 3.10. The Balaban J connectivity index is 1.34. The van der Waals surface area contributed by atoms with E-state index < -0.39 is 0 Å². The number of halogens is 1. The van der Waals surface area contributed by atoms with Gasteiger partial charge in [0, 0.05) is 32.1 Å². The summed E-state index contributed by atoms with van der Waals surface area (Å²) in [6, 6.07) is 6.38. The number of nitrogens with zero attached hydrogens (tertiary/aromatic N) is 6. The van der Waals surface area contributed by atoms with Gasteiger partial charge < -0.3 is 9.82 Å². The van der Waals surface area contributed by atoms with Gasteiger partial charge in [-0.3, -0.25) is 18.6 Å². The van der Waals surface area contributed by atoms with E-state index in [-0.39, 0.29) is 23.2 Å². The molecule has 0 radical (unpaired) electrons. The van der Waals surface area contributed by atoms with Gasteiger partial charge in [0.25, 0.3) is 5.56 Å². The molecule has 0 fully saturated rings. The van der Waals surface area contributed by atoms with Crippen LogP contribution in [0.1, 0.15) is 38.7 Å². The number of aromatic nitrogens is 6. The lowest BCUT2D eigenvalue weighted by Crippen LogP contribution is -2.40. The number of rotatable bonds is 9. The van der Waals surface area contributed by atoms with Crippen LogP contribution >= 0.6 is 0 Å². The molecule has 1 aromatic carbocycles. The molecule has 1 unspecified atom stereocenters. The van der Waals surface area contributed by atoms with E-state index in [0.29, 0.717) is 61.4 Å². The monoisotopic (exact) mass is 493 g/mol. The lowest BCUT2D eigenvalue weighted by molar-refractivity contribution is 0.0858. The van der Waals surface area contributed by atoms with Gasteiger partial charge in [0.05, 0.1) is 24.0 Å². The quantitative estimate of drug-likeness (QED) is 0.385. The minimum Gasteiger partial charge on any atom is -0.392 e. The maximum atomic E-state index is 13.1. The summed E-state index contributed by atoms with van der Waals surface area (Å²) in [5, 5.41) is 8.62. The highest BCUT2D eigenvalue weighted by atomic mass is 19.1. The van der Waals surface area contributed by atoms with Gasteiger partial charge in [0.15, 0.2) is 5.65 Å². The Morgan fingerprint density at radius 2 is 1.86 bits per heavy atom. The Morgan fingerprint density at radius 3 is 2.61 bits per heavy atom. The molecule has 1 aliphatic heterocycles. The summed E-state index contributed by atoms with van der Waals surface area (Å²) in [4.78, 5) is 39.1. The van der Waals surface area contributed by atoms with E-state index in [9.17, 15) is 14.0 Å².